The van der Waals surface area contributed by atoms with Crippen molar-refractivity contribution >= 4 is 28.6 Å². The highest BCUT2D eigenvalue weighted by molar-refractivity contribution is 6.04. The third-order valence-corrected chi connectivity index (χ3v) is 5.06. The summed E-state index contributed by atoms with van der Waals surface area (Å²) in [5.74, 6) is 1.13. The first kappa shape index (κ1) is 17.5. The molecule has 1 aromatic carbocycles. The molecule has 1 aliphatic heterocycles. The van der Waals surface area contributed by atoms with Gasteiger partial charge < -0.3 is 14.8 Å². The molecule has 7 heteroatoms. The molecule has 0 radical (unpaired) electrons. The summed E-state index contributed by atoms with van der Waals surface area (Å²) >= 11 is 0. The Morgan fingerprint density at radius 2 is 2.07 bits per heavy atom. The lowest BCUT2D eigenvalue weighted by molar-refractivity contribution is 0.102. The average molecular weight is 364 g/mol. The molecule has 7 nitrogen and oxygen atoms in total. The van der Waals surface area contributed by atoms with E-state index in [-0.39, 0.29) is 5.91 Å². The summed E-state index contributed by atoms with van der Waals surface area (Å²) < 4.78 is 2.06. The van der Waals surface area contributed by atoms with Crippen LogP contribution in [0, 0.1) is 5.92 Å². The fourth-order valence-corrected chi connectivity index (χ4v) is 3.57. The molecular formula is C20H24N6O. The Morgan fingerprint density at radius 1 is 1.26 bits per heavy atom. The SMILES string of the molecule is CCn1cnc2cc(NC(=O)c3cnc(N4CCC[C@@H](C)C4)nc3)ccc21. The van der Waals surface area contributed by atoms with Gasteiger partial charge in [0.05, 0.1) is 22.9 Å². The Hall–Kier alpha value is -2.96. The van der Waals surface area contributed by atoms with E-state index in [1.165, 1.54) is 6.42 Å². The molecule has 3 heterocycles. The second kappa shape index (κ2) is 7.34. The minimum atomic E-state index is -0.220. The number of anilines is 2. The number of fused-ring (bicyclic) bond motifs is 1. The van der Waals surface area contributed by atoms with Gasteiger partial charge in [-0.05, 0) is 43.9 Å². The molecule has 1 fully saturated rings. The van der Waals surface area contributed by atoms with Crippen LogP contribution in [0.2, 0.25) is 0 Å². The maximum absolute atomic E-state index is 12.5. The van der Waals surface area contributed by atoms with Crippen LogP contribution in [-0.4, -0.2) is 38.5 Å². The van der Waals surface area contributed by atoms with Crippen LogP contribution >= 0.6 is 0 Å². The van der Waals surface area contributed by atoms with Gasteiger partial charge >= 0.3 is 0 Å². The van der Waals surface area contributed by atoms with E-state index in [0.717, 1.165) is 37.1 Å². The lowest BCUT2D eigenvalue weighted by Crippen LogP contribution is -2.35. The molecule has 3 aromatic rings. The predicted molar refractivity (Wildman–Crippen MR) is 106 cm³/mol. The molecule has 1 saturated heterocycles. The van der Waals surface area contributed by atoms with Crippen molar-refractivity contribution in [3.8, 4) is 0 Å². The summed E-state index contributed by atoms with van der Waals surface area (Å²) in [5, 5.41) is 2.90. The number of benzene rings is 1. The fraction of sp³-hybridized carbons (Fsp3) is 0.400. The summed E-state index contributed by atoms with van der Waals surface area (Å²) in [5.41, 5.74) is 3.07. The molecule has 1 N–H and O–H groups in total. The van der Waals surface area contributed by atoms with Crippen LogP contribution in [0.1, 0.15) is 37.0 Å². The van der Waals surface area contributed by atoms with Gasteiger partial charge in [0.25, 0.3) is 5.91 Å². The molecule has 0 spiro atoms. The Balaban J connectivity index is 1.46. The predicted octanol–water partition coefficient (Wildman–Crippen LogP) is 3.33. The highest BCUT2D eigenvalue weighted by Gasteiger charge is 2.19. The fourth-order valence-electron chi connectivity index (χ4n) is 3.57. The molecule has 1 amide bonds. The molecule has 0 aliphatic carbocycles. The normalized spacial score (nSPS) is 17.3. The number of nitrogens with zero attached hydrogens (tertiary/aromatic N) is 5. The number of hydrogen-bond acceptors (Lipinski definition) is 5. The molecule has 2 aromatic heterocycles. The van der Waals surface area contributed by atoms with Gasteiger partial charge in [-0.1, -0.05) is 6.92 Å². The summed E-state index contributed by atoms with van der Waals surface area (Å²) in [6, 6.07) is 5.74. The smallest absolute Gasteiger partial charge is 0.258 e. The molecule has 0 saturated carbocycles. The van der Waals surface area contributed by atoms with Crippen LogP contribution in [0.3, 0.4) is 0 Å². The number of rotatable bonds is 4. The number of imidazole rings is 1. The zero-order valence-corrected chi connectivity index (χ0v) is 15.7. The van der Waals surface area contributed by atoms with Gasteiger partial charge in [0.15, 0.2) is 0 Å². The number of piperidine rings is 1. The van der Waals surface area contributed by atoms with Gasteiger partial charge in [-0.15, -0.1) is 0 Å². The van der Waals surface area contributed by atoms with E-state index in [1.807, 2.05) is 24.5 Å². The number of aromatic nitrogens is 4. The summed E-state index contributed by atoms with van der Waals surface area (Å²) in [6.07, 6.45) is 7.41. The second-order valence-electron chi connectivity index (χ2n) is 7.15. The number of carbonyl (C=O) groups excluding carboxylic acids is 1. The van der Waals surface area contributed by atoms with Crippen LogP contribution < -0.4 is 10.2 Å². The molecule has 1 aliphatic rings. The number of hydrogen-bond donors (Lipinski definition) is 1. The second-order valence-corrected chi connectivity index (χ2v) is 7.15. The molecule has 27 heavy (non-hydrogen) atoms. The highest BCUT2D eigenvalue weighted by atomic mass is 16.1. The van der Waals surface area contributed by atoms with Gasteiger partial charge in [0.1, 0.15) is 0 Å². The third-order valence-electron chi connectivity index (χ3n) is 5.06. The summed E-state index contributed by atoms with van der Waals surface area (Å²) in [6.45, 7) is 7.12. The van der Waals surface area contributed by atoms with Gasteiger partial charge in [-0.2, -0.15) is 0 Å². The number of nitrogens with one attached hydrogen (secondary N) is 1. The maximum Gasteiger partial charge on any atom is 0.258 e. The zero-order chi connectivity index (χ0) is 18.8. The molecule has 1 atom stereocenters. The van der Waals surface area contributed by atoms with Gasteiger partial charge in [0.2, 0.25) is 5.95 Å². The standard InChI is InChI=1S/C20H24N6O/c1-3-25-13-23-17-9-16(6-7-18(17)25)24-19(27)15-10-21-20(22-11-15)26-8-4-5-14(2)12-26/h6-7,9-11,13-14H,3-5,8,12H2,1-2H3,(H,24,27)/t14-/m1/s1. The van der Waals surface area contributed by atoms with Crippen LogP contribution in [0.25, 0.3) is 11.0 Å². The van der Waals surface area contributed by atoms with Crippen molar-refractivity contribution in [3.05, 3.63) is 42.5 Å². The maximum atomic E-state index is 12.5. The van der Waals surface area contributed by atoms with Crippen molar-refractivity contribution in [1.82, 2.24) is 19.5 Å². The quantitative estimate of drug-likeness (QED) is 0.768. The molecule has 4 rings (SSSR count). The van der Waals surface area contributed by atoms with Crippen LogP contribution in [0.15, 0.2) is 36.9 Å². The monoisotopic (exact) mass is 364 g/mol. The van der Waals surface area contributed by atoms with E-state index >= 15 is 0 Å². The van der Waals surface area contributed by atoms with E-state index in [9.17, 15) is 4.79 Å². The first-order valence-electron chi connectivity index (χ1n) is 9.47. The summed E-state index contributed by atoms with van der Waals surface area (Å²) in [7, 11) is 0. The van der Waals surface area contributed by atoms with E-state index < -0.39 is 0 Å². The minimum absolute atomic E-state index is 0.220. The van der Waals surface area contributed by atoms with E-state index in [2.05, 4.69) is 43.6 Å². The van der Waals surface area contributed by atoms with E-state index in [4.69, 9.17) is 0 Å². The molecular weight excluding hydrogens is 340 g/mol. The number of carbonyl (C=O) groups is 1. The Kier molecular flexibility index (Phi) is 4.75. The van der Waals surface area contributed by atoms with Crippen LogP contribution in [0.4, 0.5) is 11.6 Å². The largest absolute Gasteiger partial charge is 0.341 e. The topological polar surface area (TPSA) is 75.9 Å². The molecule has 0 unspecified atom stereocenters. The Labute approximate surface area is 158 Å². The van der Waals surface area contributed by atoms with Gasteiger partial charge in [0, 0.05) is 37.7 Å². The Morgan fingerprint density at radius 3 is 2.81 bits per heavy atom. The lowest BCUT2D eigenvalue weighted by Gasteiger charge is -2.30. The first-order chi connectivity index (χ1) is 13.1. The average Bonchev–Trinajstić information content (AvgIpc) is 3.10. The van der Waals surface area contributed by atoms with Crippen molar-refractivity contribution in [1.29, 1.82) is 0 Å². The highest BCUT2D eigenvalue weighted by Crippen LogP contribution is 2.21. The summed E-state index contributed by atoms with van der Waals surface area (Å²) in [4.78, 5) is 27.9. The van der Waals surface area contributed by atoms with Crippen molar-refractivity contribution in [2.45, 2.75) is 33.2 Å². The first-order valence-corrected chi connectivity index (χ1v) is 9.47. The van der Waals surface area contributed by atoms with Gasteiger partial charge in [-0.3, -0.25) is 4.79 Å². The van der Waals surface area contributed by atoms with Gasteiger partial charge in [-0.25, -0.2) is 15.0 Å². The van der Waals surface area contributed by atoms with Crippen molar-refractivity contribution < 1.29 is 4.79 Å². The van der Waals surface area contributed by atoms with E-state index in [1.54, 1.807) is 12.4 Å². The minimum Gasteiger partial charge on any atom is -0.341 e. The number of aryl methyl sites for hydroxylation is 1. The third kappa shape index (κ3) is 3.63. The van der Waals surface area contributed by atoms with E-state index in [0.29, 0.717) is 23.1 Å². The van der Waals surface area contributed by atoms with Crippen LogP contribution in [0.5, 0.6) is 0 Å². The number of amides is 1. The Bertz CT molecular complexity index is 949. The van der Waals surface area contributed by atoms with Crippen molar-refractivity contribution in [3.63, 3.8) is 0 Å². The molecule has 0 bridgehead atoms. The van der Waals surface area contributed by atoms with Crippen molar-refractivity contribution in [2.24, 2.45) is 5.92 Å². The lowest BCUT2D eigenvalue weighted by atomic mass is 10.0. The van der Waals surface area contributed by atoms with Crippen molar-refractivity contribution in [2.75, 3.05) is 23.3 Å². The van der Waals surface area contributed by atoms with Crippen LogP contribution in [-0.2, 0) is 6.54 Å². The molecule has 140 valence electrons. The zero-order valence-electron chi connectivity index (χ0n) is 15.7.